The standard InChI is InChI=1S/C47H48N2/c1-29-17-21-38(25-34(29)6)48(39-22-18-30(2)35(7)26-39)46-42-14-10-11-15-43(42)47(45-33(5)13-12-16-44(45)46)49(40-23-19-31(3)36(8)27-40)41-24-20-32(4)37(9)28-41/h10-28,33,45H,1-9H3. The Balaban J connectivity index is 1.64. The van der Waals surface area contributed by atoms with E-state index in [-0.39, 0.29) is 11.8 Å². The van der Waals surface area contributed by atoms with E-state index in [2.05, 4.69) is 187 Å². The number of hydrogen-bond donors (Lipinski definition) is 0. The molecule has 0 amide bonds. The molecule has 2 aliphatic rings. The Bertz CT molecular complexity index is 2200. The first-order chi connectivity index (χ1) is 23.5. The molecule has 5 aromatic carbocycles. The minimum absolute atomic E-state index is 0.124. The zero-order valence-corrected chi connectivity index (χ0v) is 30.5. The molecule has 2 nitrogen and oxygen atoms in total. The Morgan fingerprint density at radius 1 is 0.449 bits per heavy atom. The second-order valence-corrected chi connectivity index (χ2v) is 14.4. The smallest absolute Gasteiger partial charge is 0.0579 e. The number of hydrogen-bond acceptors (Lipinski definition) is 2. The van der Waals surface area contributed by atoms with Gasteiger partial charge in [0, 0.05) is 44.8 Å². The monoisotopic (exact) mass is 640 g/mol. The fourth-order valence-corrected chi connectivity index (χ4v) is 7.49. The molecule has 0 spiro atoms. The van der Waals surface area contributed by atoms with Gasteiger partial charge in [0.05, 0.1) is 5.70 Å². The SMILES string of the molecule is Cc1ccc(N(C2=c3ccccc3=C(N(c3ccc(C)c(C)c3)c3ccc(C)c(C)c3)C3C2=CC=CC3C)c2ccc(C)c(C)c2)cc1C. The summed E-state index contributed by atoms with van der Waals surface area (Å²) in [7, 11) is 0. The van der Waals surface area contributed by atoms with Crippen molar-refractivity contribution in [3.63, 3.8) is 0 Å². The summed E-state index contributed by atoms with van der Waals surface area (Å²) in [5.41, 5.74) is 19.1. The van der Waals surface area contributed by atoms with E-state index in [4.69, 9.17) is 0 Å². The average Bonchev–Trinajstić information content (AvgIpc) is 3.08. The summed E-state index contributed by atoms with van der Waals surface area (Å²) in [6.45, 7) is 20.1. The maximum atomic E-state index is 2.55. The van der Waals surface area contributed by atoms with Crippen LogP contribution < -0.4 is 20.2 Å². The van der Waals surface area contributed by atoms with Gasteiger partial charge in [0.15, 0.2) is 0 Å². The highest BCUT2D eigenvalue weighted by atomic mass is 15.2. The van der Waals surface area contributed by atoms with Crippen LogP contribution in [0.3, 0.4) is 0 Å². The lowest BCUT2D eigenvalue weighted by molar-refractivity contribution is 0.587. The van der Waals surface area contributed by atoms with Crippen molar-refractivity contribution >= 4 is 34.1 Å². The first kappa shape index (κ1) is 32.5. The molecule has 2 unspecified atom stereocenters. The van der Waals surface area contributed by atoms with Gasteiger partial charge < -0.3 is 9.80 Å². The van der Waals surface area contributed by atoms with E-state index in [0.717, 1.165) is 0 Å². The molecule has 246 valence electrons. The number of benzene rings is 5. The van der Waals surface area contributed by atoms with Gasteiger partial charge >= 0.3 is 0 Å². The maximum absolute atomic E-state index is 2.55. The molecular formula is C47H48N2. The van der Waals surface area contributed by atoms with Crippen molar-refractivity contribution in [2.45, 2.75) is 62.3 Å². The Labute approximate surface area is 293 Å². The van der Waals surface area contributed by atoms with Crippen LogP contribution in [0.1, 0.15) is 51.4 Å². The highest BCUT2D eigenvalue weighted by Gasteiger charge is 2.38. The van der Waals surface area contributed by atoms with Crippen molar-refractivity contribution < 1.29 is 0 Å². The lowest BCUT2D eigenvalue weighted by Gasteiger charge is -2.43. The van der Waals surface area contributed by atoms with Crippen LogP contribution >= 0.6 is 0 Å². The van der Waals surface area contributed by atoms with E-state index in [1.165, 1.54) is 94.7 Å². The predicted octanol–water partition coefficient (Wildman–Crippen LogP) is 10.8. The number of allylic oxidation sites excluding steroid dienone is 3. The highest BCUT2D eigenvalue weighted by Crippen LogP contribution is 2.47. The number of anilines is 4. The van der Waals surface area contributed by atoms with Crippen LogP contribution in [0.15, 0.2) is 121 Å². The molecule has 0 saturated heterocycles. The van der Waals surface area contributed by atoms with Crippen molar-refractivity contribution in [1.82, 2.24) is 0 Å². The quantitative estimate of drug-likeness (QED) is 0.182. The molecule has 0 aromatic heterocycles. The highest BCUT2D eigenvalue weighted by molar-refractivity contribution is 5.95. The lowest BCUT2D eigenvalue weighted by atomic mass is 9.74. The molecule has 2 heteroatoms. The minimum Gasteiger partial charge on any atom is -0.313 e. The molecule has 0 N–H and O–H groups in total. The summed E-state index contributed by atoms with van der Waals surface area (Å²) in [4.78, 5) is 5.08. The fourth-order valence-electron chi connectivity index (χ4n) is 7.49. The van der Waals surface area contributed by atoms with Gasteiger partial charge in [-0.05, 0) is 160 Å². The molecule has 0 heterocycles. The van der Waals surface area contributed by atoms with E-state index in [9.17, 15) is 0 Å². The van der Waals surface area contributed by atoms with Crippen molar-refractivity contribution in [2.24, 2.45) is 11.8 Å². The summed E-state index contributed by atoms with van der Waals surface area (Å²) < 4.78 is 0. The Hall–Kier alpha value is -5.08. The molecule has 49 heavy (non-hydrogen) atoms. The molecule has 0 aliphatic heterocycles. The second-order valence-electron chi connectivity index (χ2n) is 14.4. The van der Waals surface area contributed by atoms with E-state index < -0.39 is 0 Å². The van der Waals surface area contributed by atoms with Gasteiger partial charge in [-0.3, -0.25) is 0 Å². The summed E-state index contributed by atoms with van der Waals surface area (Å²) in [6, 6.07) is 36.8. The topological polar surface area (TPSA) is 6.48 Å². The predicted molar refractivity (Wildman–Crippen MR) is 210 cm³/mol. The van der Waals surface area contributed by atoms with Crippen LogP contribution in [0.4, 0.5) is 22.7 Å². The average molecular weight is 641 g/mol. The molecule has 0 bridgehead atoms. The molecule has 2 atom stereocenters. The van der Waals surface area contributed by atoms with E-state index >= 15 is 0 Å². The molecule has 5 aromatic rings. The molecule has 2 aliphatic carbocycles. The van der Waals surface area contributed by atoms with Crippen LogP contribution in [0.5, 0.6) is 0 Å². The Morgan fingerprint density at radius 2 is 0.857 bits per heavy atom. The summed E-state index contributed by atoms with van der Waals surface area (Å²) in [5.74, 6) is 0.402. The third kappa shape index (κ3) is 5.74. The fraction of sp³-hybridized carbons (Fsp3) is 0.234. The van der Waals surface area contributed by atoms with E-state index in [0.29, 0.717) is 0 Å². The van der Waals surface area contributed by atoms with Gasteiger partial charge in [-0.2, -0.15) is 0 Å². The number of fused-ring (bicyclic) bond motifs is 2. The zero-order chi connectivity index (χ0) is 34.6. The number of rotatable bonds is 6. The second kappa shape index (κ2) is 12.7. The van der Waals surface area contributed by atoms with Crippen molar-refractivity contribution in [2.75, 3.05) is 9.80 Å². The van der Waals surface area contributed by atoms with Crippen molar-refractivity contribution in [3.05, 3.63) is 176 Å². The van der Waals surface area contributed by atoms with E-state index in [1.54, 1.807) is 0 Å². The third-order valence-electron chi connectivity index (χ3n) is 11.0. The Kier molecular flexibility index (Phi) is 8.45. The summed E-state index contributed by atoms with van der Waals surface area (Å²) in [5, 5.41) is 2.52. The maximum Gasteiger partial charge on any atom is 0.0579 e. The minimum atomic E-state index is 0.124. The first-order valence-electron chi connectivity index (χ1n) is 17.6. The van der Waals surface area contributed by atoms with Gasteiger partial charge in [0.1, 0.15) is 0 Å². The molecule has 7 rings (SSSR count). The molecule has 0 radical (unpaired) electrons. The van der Waals surface area contributed by atoms with Gasteiger partial charge in [0.2, 0.25) is 0 Å². The van der Waals surface area contributed by atoms with Crippen LogP contribution in [-0.4, -0.2) is 0 Å². The largest absolute Gasteiger partial charge is 0.313 e. The number of aryl methyl sites for hydroxylation is 8. The third-order valence-corrected chi connectivity index (χ3v) is 11.0. The number of nitrogens with zero attached hydrogens (tertiary/aromatic N) is 2. The van der Waals surface area contributed by atoms with Crippen LogP contribution in [0.25, 0.3) is 11.4 Å². The Morgan fingerprint density at radius 3 is 1.29 bits per heavy atom. The molecule has 0 saturated carbocycles. The van der Waals surface area contributed by atoms with Gasteiger partial charge in [0.25, 0.3) is 0 Å². The van der Waals surface area contributed by atoms with Crippen LogP contribution in [0, 0.1) is 67.2 Å². The van der Waals surface area contributed by atoms with Gasteiger partial charge in [-0.15, -0.1) is 0 Å². The van der Waals surface area contributed by atoms with E-state index in [1.807, 2.05) is 0 Å². The molecular weight excluding hydrogens is 593 g/mol. The summed E-state index contributed by atoms with van der Waals surface area (Å²) in [6.07, 6.45) is 7.04. The molecule has 0 fully saturated rings. The van der Waals surface area contributed by atoms with Crippen LogP contribution in [0.2, 0.25) is 0 Å². The van der Waals surface area contributed by atoms with Gasteiger partial charge in [-0.25, -0.2) is 0 Å². The first-order valence-corrected chi connectivity index (χ1v) is 17.6. The normalized spacial score (nSPS) is 16.6. The zero-order valence-electron chi connectivity index (χ0n) is 30.5. The van der Waals surface area contributed by atoms with Crippen molar-refractivity contribution in [1.29, 1.82) is 0 Å². The van der Waals surface area contributed by atoms with Crippen molar-refractivity contribution in [3.8, 4) is 0 Å². The lowest BCUT2D eigenvalue weighted by Crippen LogP contribution is -2.46. The van der Waals surface area contributed by atoms with Gasteiger partial charge in [-0.1, -0.05) is 73.7 Å². The summed E-state index contributed by atoms with van der Waals surface area (Å²) >= 11 is 0. The van der Waals surface area contributed by atoms with Crippen LogP contribution in [-0.2, 0) is 0 Å².